The number of carbonyl (C=O) groups excluding carboxylic acids is 3. The second kappa shape index (κ2) is 11.7. The SMILES string of the molecule is CC[C@@H](C)C1NC(=O)C(CC(=O)NO)CCCC=CCCCN(C)C1=O. The fourth-order valence-electron chi connectivity index (χ4n) is 3.06. The number of hydroxylamine groups is 1. The van der Waals surface area contributed by atoms with Crippen LogP contribution in [-0.2, 0) is 14.4 Å². The predicted molar refractivity (Wildman–Crippen MR) is 99.3 cm³/mol. The lowest BCUT2D eigenvalue weighted by atomic mass is 9.93. The van der Waals surface area contributed by atoms with Gasteiger partial charge in [-0.15, -0.1) is 0 Å². The highest BCUT2D eigenvalue weighted by Gasteiger charge is 2.31. The van der Waals surface area contributed by atoms with Crippen LogP contribution in [0.25, 0.3) is 0 Å². The number of nitrogens with one attached hydrogen (secondary N) is 2. The molecular weight excluding hydrogens is 334 g/mol. The quantitative estimate of drug-likeness (QED) is 0.402. The topological polar surface area (TPSA) is 98.7 Å². The normalized spacial score (nSPS) is 24.5. The molecule has 1 heterocycles. The molecule has 3 amide bonds. The van der Waals surface area contributed by atoms with E-state index in [9.17, 15) is 14.4 Å². The maximum atomic E-state index is 12.8. The summed E-state index contributed by atoms with van der Waals surface area (Å²) in [6.07, 6.45) is 8.79. The highest BCUT2D eigenvalue weighted by molar-refractivity contribution is 5.90. The Hall–Kier alpha value is -1.89. The van der Waals surface area contributed by atoms with Gasteiger partial charge in [-0.2, -0.15) is 0 Å². The monoisotopic (exact) mass is 367 g/mol. The highest BCUT2D eigenvalue weighted by Crippen LogP contribution is 2.17. The van der Waals surface area contributed by atoms with Crippen molar-refractivity contribution in [3.05, 3.63) is 12.2 Å². The molecule has 3 atom stereocenters. The van der Waals surface area contributed by atoms with Crippen LogP contribution in [0.3, 0.4) is 0 Å². The summed E-state index contributed by atoms with van der Waals surface area (Å²) >= 11 is 0. The number of amides is 3. The molecule has 0 fully saturated rings. The summed E-state index contributed by atoms with van der Waals surface area (Å²) in [4.78, 5) is 38.8. The molecular formula is C19H33N3O4. The molecule has 0 aromatic carbocycles. The van der Waals surface area contributed by atoms with Crippen molar-refractivity contribution in [1.82, 2.24) is 15.7 Å². The summed E-state index contributed by atoms with van der Waals surface area (Å²) in [5.41, 5.74) is 1.59. The summed E-state index contributed by atoms with van der Waals surface area (Å²) < 4.78 is 0. The third-order valence-corrected chi connectivity index (χ3v) is 5.03. The molecule has 26 heavy (non-hydrogen) atoms. The van der Waals surface area contributed by atoms with Gasteiger partial charge >= 0.3 is 0 Å². The third kappa shape index (κ3) is 7.15. The lowest BCUT2D eigenvalue weighted by Gasteiger charge is -2.29. The van der Waals surface area contributed by atoms with Gasteiger partial charge in [-0.05, 0) is 38.0 Å². The number of carbonyl (C=O) groups is 3. The van der Waals surface area contributed by atoms with Crippen molar-refractivity contribution >= 4 is 17.7 Å². The first-order valence-corrected chi connectivity index (χ1v) is 9.53. The average Bonchev–Trinajstić information content (AvgIpc) is 2.64. The van der Waals surface area contributed by atoms with Gasteiger partial charge in [0.25, 0.3) is 0 Å². The lowest BCUT2D eigenvalue weighted by Crippen LogP contribution is -2.52. The molecule has 1 aliphatic rings. The number of hydrogen-bond donors (Lipinski definition) is 3. The van der Waals surface area contributed by atoms with Crippen LogP contribution < -0.4 is 10.8 Å². The Balaban J connectivity index is 3.00. The summed E-state index contributed by atoms with van der Waals surface area (Å²) in [7, 11) is 1.76. The minimum Gasteiger partial charge on any atom is -0.344 e. The number of allylic oxidation sites excluding steroid dienone is 2. The summed E-state index contributed by atoms with van der Waals surface area (Å²) in [6, 6.07) is -0.601. The minimum absolute atomic E-state index is 0.00554. The Morgan fingerprint density at radius 1 is 1.35 bits per heavy atom. The zero-order valence-corrected chi connectivity index (χ0v) is 16.2. The van der Waals surface area contributed by atoms with Crippen LogP contribution in [0.1, 0.15) is 58.8 Å². The molecule has 7 nitrogen and oxygen atoms in total. The van der Waals surface area contributed by atoms with E-state index >= 15 is 0 Å². The zero-order chi connectivity index (χ0) is 19.5. The lowest BCUT2D eigenvalue weighted by molar-refractivity contribution is -0.139. The summed E-state index contributed by atoms with van der Waals surface area (Å²) in [6.45, 7) is 4.57. The number of nitrogens with zero attached hydrogens (tertiary/aromatic N) is 1. The fraction of sp³-hybridized carbons (Fsp3) is 0.737. The first kappa shape index (κ1) is 22.2. The molecule has 0 radical (unpaired) electrons. The Morgan fingerprint density at radius 2 is 2.00 bits per heavy atom. The summed E-state index contributed by atoms with van der Waals surface area (Å²) in [5.74, 6) is -1.57. The maximum Gasteiger partial charge on any atom is 0.245 e. The van der Waals surface area contributed by atoms with Gasteiger partial charge in [0.15, 0.2) is 0 Å². The van der Waals surface area contributed by atoms with Gasteiger partial charge in [-0.3, -0.25) is 19.6 Å². The van der Waals surface area contributed by atoms with Gasteiger partial charge in [-0.1, -0.05) is 32.4 Å². The van der Waals surface area contributed by atoms with Gasteiger partial charge in [0.05, 0.1) is 0 Å². The second-order valence-electron chi connectivity index (χ2n) is 7.11. The van der Waals surface area contributed by atoms with E-state index in [1.165, 1.54) is 0 Å². The molecule has 0 aliphatic carbocycles. The third-order valence-electron chi connectivity index (χ3n) is 5.03. The summed E-state index contributed by atoms with van der Waals surface area (Å²) in [5, 5.41) is 11.7. The van der Waals surface area contributed by atoms with Crippen molar-refractivity contribution in [1.29, 1.82) is 0 Å². The van der Waals surface area contributed by atoms with Crippen molar-refractivity contribution < 1.29 is 19.6 Å². The van der Waals surface area contributed by atoms with Gasteiger partial charge in [0.1, 0.15) is 6.04 Å². The number of rotatable bonds is 4. The van der Waals surface area contributed by atoms with Crippen molar-refractivity contribution in [2.45, 2.75) is 64.8 Å². The molecule has 148 valence electrons. The van der Waals surface area contributed by atoms with Crippen molar-refractivity contribution in [3.63, 3.8) is 0 Å². The maximum absolute atomic E-state index is 12.8. The van der Waals surface area contributed by atoms with Crippen LogP contribution in [0.2, 0.25) is 0 Å². The Morgan fingerprint density at radius 3 is 2.62 bits per heavy atom. The zero-order valence-electron chi connectivity index (χ0n) is 16.2. The van der Waals surface area contributed by atoms with Crippen molar-refractivity contribution in [2.24, 2.45) is 11.8 Å². The first-order valence-electron chi connectivity index (χ1n) is 9.53. The fourth-order valence-corrected chi connectivity index (χ4v) is 3.06. The average molecular weight is 367 g/mol. The largest absolute Gasteiger partial charge is 0.344 e. The van der Waals surface area contributed by atoms with E-state index in [4.69, 9.17) is 5.21 Å². The number of hydrogen-bond acceptors (Lipinski definition) is 4. The van der Waals surface area contributed by atoms with Gasteiger partial charge in [-0.25, -0.2) is 5.48 Å². The van der Waals surface area contributed by atoms with E-state index in [0.717, 1.165) is 32.1 Å². The first-order chi connectivity index (χ1) is 12.4. The standard InChI is InChI=1S/C19H33N3O4/c1-4-14(2)17-19(25)22(3)12-10-8-6-5-7-9-11-15(18(24)20-17)13-16(23)21-26/h5-6,14-15,17,26H,4,7-13H2,1-3H3,(H,20,24)(H,21,23)/t14-,15?,17?/m1/s1. The molecule has 2 unspecified atom stereocenters. The Kier molecular flexibility index (Phi) is 9.95. The molecule has 0 bridgehead atoms. The molecule has 3 N–H and O–H groups in total. The molecule has 1 rings (SSSR count). The molecule has 0 spiro atoms. The number of likely N-dealkylation sites (N-methyl/N-ethyl adjacent to an activating group) is 1. The van der Waals surface area contributed by atoms with Crippen molar-refractivity contribution in [2.75, 3.05) is 13.6 Å². The predicted octanol–water partition coefficient (Wildman–Crippen LogP) is 2.01. The smallest absolute Gasteiger partial charge is 0.245 e. The molecule has 7 heteroatoms. The van der Waals surface area contributed by atoms with E-state index in [1.807, 2.05) is 13.8 Å². The van der Waals surface area contributed by atoms with Gasteiger partial charge < -0.3 is 10.2 Å². The highest BCUT2D eigenvalue weighted by atomic mass is 16.5. The molecule has 1 aliphatic heterocycles. The Labute approximate surface area is 156 Å². The molecule has 0 saturated carbocycles. The van der Waals surface area contributed by atoms with E-state index in [1.54, 1.807) is 17.4 Å². The van der Waals surface area contributed by atoms with Crippen LogP contribution in [0, 0.1) is 11.8 Å². The van der Waals surface area contributed by atoms with Crippen LogP contribution in [0.5, 0.6) is 0 Å². The van der Waals surface area contributed by atoms with E-state index < -0.39 is 17.9 Å². The van der Waals surface area contributed by atoms with Gasteiger partial charge in [0, 0.05) is 25.9 Å². The molecule has 0 saturated heterocycles. The van der Waals surface area contributed by atoms with E-state index in [2.05, 4.69) is 17.5 Å². The van der Waals surface area contributed by atoms with Crippen LogP contribution in [0.4, 0.5) is 0 Å². The molecule has 0 aromatic rings. The van der Waals surface area contributed by atoms with Crippen molar-refractivity contribution in [3.8, 4) is 0 Å². The van der Waals surface area contributed by atoms with E-state index in [-0.39, 0.29) is 24.2 Å². The van der Waals surface area contributed by atoms with Crippen LogP contribution >= 0.6 is 0 Å². The second-order valence-corrected chi connectivity index (χ2v) is 7.11. The minimum atomic E-state index is -0.601. The Bertz CT molecular complexity index is 507. The van der Waals surface area contributed by atoms with Crippen LogP contribution in [-0.4, -0.2) is 47.5 Å². The van der Waals surface area contributed by atoms with E-state index in [0.29, 0.717) is 13.0 Å². The van der Waals surface area contributed by atoms with Gasteiger partial charge in [0.2, 0.25) is 17.7 Å². The molecule has 0 aromatic heterocycles. The van der Waals surface area contributed by atoms with Crippen LogP contribution in [0.15, 0.2) is 12.2 Å².